The lowest BCUT2D eigenvalue weighted by Crippen LogP contribution is -2.28. The summed E-state index contributed by atoms with van der Waals surface area (Å²) in [5, 5.41) is 40.1. The predicted molar refractivity (Wildman–Crippen MR) is 68.1 cm³/mol. The zero-order valence-corrected chi connectivity index (χ0v) is 9.66. The van der Waals surface area contributed by atoms with E-state index in [1.807, 2.05) is 0 Å². The molecule has 19 heavy (non-hydrogen) atoms. The summed E-state index contributed by atoms with van der Waals surface area (Å²) >= 11 is 0. The first kappa shape index (κ1) is 11.6. The monoisotopic (exact) mass is 258 g/mol. The van der Waals surface area contributed by atoms with Crippen molar-refractivity contribution in [2.24, 2.45) is 0 Å². The Morgan fingerprint density at radius 3 is 2.47 bits per heavy atom. The van der Waals surface area contributed by atoms with Crippen LogP contribution in [-0.2, 0) is 0 Å². The van der Waals surface area contributed by atoms with Gasteiger partial charge in [0, 0.05) is 10.9 Å². The highest BCUT2D eigenvalue weighted by Crippen LogP contribution is 2.39. The number of carbonyl (C=O) groups is 1. The first-order chi connectivity index (χ1) is 9.02. The molecule has 0 saturated heterocycles. The minimum atomic E-state index is -1.80. The smallest absolute Gasteiger partial charge is 0.200 e. The summed E-state index contributed by atoms with van der Waals surface area (Å²) in [7, 11) is 0. The van der Waals surface area contributed by atoms with Gasteiger partial charge in [0.1, 0.15) is 5.75 Å². The highest BCUT2D eigenvalue weighted by atomic mass is 16.3. The van der Waals surface area contributed by atoms with Crippen LogP contribution in [0.15, 0.2) is 36.1 Å². The number of hydrogen-bond acceptors (Lipinski definition) is 5. The maximum absolute atomic E-state index is 11.9. The standard InChI is InChI=1S/C14H10O5/c15-10-7-4-2-1-3-6(7)5-8-9(10)12(17)14(19)13(18)11(8)16/h1-5,13,15,17-19H. The lowest BCUT2D eigenvalue weighted by Gasteiger charge is -2.21. The van der Waals surface area contributed by atoms with E-state index in [4.69, 9.17) is 0 Å². The molecule has 1 aliphatic carbocycles. The number of Topliss-reactive ketones (excluding diaryl/α,β-unsaturated/α-hetero) is 1. The molecule has 0 aromatic heterocycles. The summed E-state index contributed by atoms with van der Waals surface area (Å²) < 4.78 is 0. The summed E-state index contributed by atoms with van der Waals surface area (Å²) in [4.78, 5) is 11.9. The Labute approximate surface area is 107 Å². The molecule has 4 N–H and O–H groups in total. The average molecular weight is 258 g/mol. The molecule has 0 spiro atoms. The third-order valence-electron chi connectivity index (χ3n) is 3.27. The molecule has 0 amide bonds. The molecule has 5 nitrogen and oxygen atoms in total. The van der Waals surface area contributed by atoms with E-state index in [9.17, 15) is 25.2 Å². The van der Waals surface area contributed by atoms with Crippen LogP contribution in [0.2, 0.25) is 0 Å². The van der Waals surface area contributed by atoms with Crippen molar-refractivity contribution in [2.45, 2.75) is 6.10 Å². The number of hydrogen-bond donors (Lipinski definition) is 4. The molecule has 5 heteroatoms. The van der Waals surface area contributed by atoms with Gasteiger partial charge in [0.2, 0.25) is 0 Å². The van der Waals surface area contributed by atoms with E-state index < -0.39 is 23.4 Å². The fraction of sp³-hybridized carbons (Fsp3) is 0.0714. The Morgan fingerprint density at radius 1 is 1.05 bits per heavy atom. The zero-order chi connectivity index (χ0) is 13.7. The number of aliphatic hydroxyl groups excluding tert-OH is 3. The number of rotatable bonds is 0. The molecule has 0 saturated carbocycles. The van der Waals surface area contributed by atoms with Crippen molar-refractivity contribution in [3.8, 4) is 5.75 Å². The quantitative estimate of drug-likeness (QED) is 0.578. The molecule has 2 aromatic rings. The molecular formula is C14H10O5. The molecule has 2 aromatic carbocycles. The molecule has 0 heterocycles. The number of aliphatic hydroxyl groups is 3. The van der Waals surface area contributed by atoms with Crippen LogP contribution in [-0.4, -0.2) is 32.3 Å². The Morgan fingerprint density at radius 2 is 1.74 bits per heavy atom. The van der Waals surface area contributed by atoms with Gasteiger partial charge < -0.3 is 20.4 Å². The molecule has 3 rings (SSSR count). The third-order valence-corrected chi connectivity index (χ3v) is 3.27. The second kappa shape index (κ2) is 3.73. The first-order valence-corrected chi connectivity index (χ1v) is 5.62. The van der Waals surface area contributed by atoms with Gasteiger partial charge in [-0.1, -0.05) is 24.3 Å². The number of ketones is 1. The van der Waals surface area contributed by atoms with Crippen molar-refractivity contribution < 1.29 is 25.2 Å². The van der Waals surface area contributed by atoms with Crippen LogP contribution in [0.3, 0.4) is 0 Å². The van der Waals surface area contributed by atoms with Crippen LogP contribution in [0.25, 0.3) is 16.5 Å². The number of carbonyl (C=O) groups excluding carboxylic acids is 1. The van der Waals surface area contributed by atoms with Gasteiger partial charge in [-0.15, -0.1) is 0 Å². The highest BCUT2D eigenvalue weighted by Gasteiger charge is 2.35. The molecule has 0 bridgehead atoms. The van der Waals surface area contributed by atoms with Crippen molar-refractivity contribution in [3.05, 3.63) is 47.2 Å². The minimum Gasteiger partial charge on any atom is -0.507 e. The molecule has 0 fully saturated rings. The van der Waals surface area contributed by atoms with Crippen molar-refractivity contribution in [3.63, 3.8) is 0 Å². The topological polar surface area (TPSA) is 98.0 Å². The van der Waals surface area contributed by atoms with E-state index in [2.05, 4.69) is 0 Å². The highest BCUT2D eigenvalue weighted by molar-refractivity contribution is 6.12. The second-order valence-corrected chi connectivity index (χ2v) is 4.37. The van der Waals surface area contributed by atoms with E-state index in [1.54, 1.807) is 24.3 Å². The minimum absolute atomic E-state index is 0.0148. The summed E-state index contributed by atoms with van der Waals surface area (Å²) in [6.45, 7) is 0. The van der Waals surface area contributed by atoms with E-state index in [1.165, 1.54) is 6.07 Å². The van der Waals surface area contributed by atoms with E-state index in [0.717, 1.165) is 0 Å². The summed E-state index contributed by atoms with van der Waals surface area (Å²) in [5.74, 6) is -2.57. The van der Waals surface area contributed by atoms with Crippen molar-refractivity contribution in [2.75, 3.05) is 0 Å². The largest absolute Gasteiger partial charge is 0.507 e. The van der Waals surface area contributed by atoms with Crippen LogP contribution in [0.1, 0.15) is 15.9 Å². The molecular weight excluding hydrogens is 248 g/mol. The van der Waals surface area contributed by atoms with Crippen LogP contribution in [0.4, 0.5) is 0 Å². The van der Waals surface area contributed by atoms with Gasteiger partial charge in [0.15, 0.2) is 23.4 Å². The number of phenolic OH excluding ortho intramolecular Hbond substituents is 1. The van der Waals surface area contributed by atoms with Gasteiger partial charge in [0.05, 0.1) is 5.56 Å². The Hall–Kier alpha value is -2.53. The molecule has 0 radical (unpaired) electrons. The number of benzene rings is 2. The fourth-order valence-corrected chi connectivity index (χ4v) is 2.29. The molecule has 1 unspecified atom stereocenters. The van der Waals surface area contributed by atoms with E-state index in [0.29, 0.717) is 10.8 Å². The molecule has 1 atom stereocenters. The maximum Gasteiger partial charge on any atom is 0.200 e. The van der Waals surface area contributed by atoms with Gasteiger partial charge in [-0.2, -0.15) is 0 Å². The first-order valence-electron chi connectivity index (χ1n) is 5.62. The summed E-state index contributed by atoms with van der Waals surface area (Å²) in [6.07, 6.45) is -1.80. The lowest BCUT2D eigenvalue weighted by molar-refractivity contribution is 0.0716. The van der Waals surface area contributed by atoms with Crippen molar-refractivity contribution >= 4 is 22.3 Å². The van der Waals surface area contributed by atoms with Gasteiger partial charge in [-0.05, 0) is 11.5 Å². The van der Waals surface area contributed by atoms with Crippen LogP contribution >= 0.6 is 0 Å². The predicted octanol–water partition coefficient (Wildman–Crippen LogP) is 1.89. The van der Waals surface area contributed by atoms with Crippen molar-refractivity contribution in [1.82, 2.24) is 0 Å². The molecule has 0 aliphatic heterocycles. The summed E-state index contributed by atoms with van der Waals surface area (Å²) in [5.41, 5.74) is -0.162. The van der Waals surface area contributed by atoms with E-state index >= 15 is 0 Å². The van der Waals surface area contributed by atoms with Gasteiger partial charge >= 0.3 is 0 Å². The van der Waals surface area contributed by atoms with Crippen LogP contribution in [0.5, 0.6) is 5.75 Å². The van der Waals surface area contributed by atoms with Gasteiger partial charge in [-0.3, -0.25) is 4.79 Å². The fourth-order valence-electron chi connectivity index (χ4n) is 2.29. The van der Waals surface area contributed by atoms with E-state index in [-0.39, 0.29) is 16.9 Å². The Kier molecular flexibility index (Phi) is 2.27. The molecule has 96 valence electrons. The number of phenols is 1. The average Bonchev–Trinajstić information content (AvgIpc) is 2.43. The molecule has 1 aliphatic rings. The van der Waals surface area contributed by atoms with Gasteiger partial charge in [0.25, 0.3) is 0 Å². The van der Waals surface area contributed by atoms with Crippen molar-refractivity contribution in [1.29, 1.82) is 0 Å². The number of fused-ring (bicyclic) bond motifs is 2. The zero-order valence-electron chi connectivity index (χ0n) is 9.66. The third kappa shape index (κ3) is 1.42. The number of aromatic hydroxyl groups is 1. The van der Waals surface area contributed by atoms with Gasteiger partial charge in [-0.25, -0.2) is 0 Å². The lowest BCUT2D eigenvalue weighted by atomic mass is 9.88. The maximum atomic E-state index is 11.9. The Bertz CT molecular complexity index is 745. The second-order valence-electron chi connectivity index (χ2n) is 4.37. The summed E-state index contributed by atoms with van der Waals surface area (Å²) in [6, 6.07) is 8.24. The normalized spacial score (nSPS) is 18.8. The van der Waals surface area contributed by atoms with Crippen LogP contribution in [0, 0.1) is 0 Å². The SMILES string of the molecule is O=C1c2cc3ccccc3c(O)c2C(O)=C(O)C1O. The Balaban J connectivity index is 2.47. The van der Waals surface area contributed by atoms with Crippen LogP contribution < -0.4 is 0 Å².